The van der Waals surface area contributed by atoms with Crippen molar-refractivity contribution in [2.75, 3.05) is 18.5 Å². The SMILES string of the molecule is CCOc1cc(/C=C(\C#N)C(=O)Nc2ccc(O)cc2)cc(Cl)c1OCC(N)=O. The lowest BCUT2D eigenvalue weighted by molar-refractivity contribution is -0.120. The van der Waals surface area contributed by atoms with E-state index in [4.69, 9.17) is 26.8 Å². The molecule has 2 aromatic carbocycles. The molecular weight excluding hydrogens is 398 g/mol. The predicted octanol–water partition coefficient (Wildman–Crippen LogP) is 2.85. The Morgan fingerprint density at radius 3 is 2.55 bits per heavy atom. The molecule has 2 amide bonds. The Morgan fingerprint density at radius 1 is 1.28 bits per heavy atom. The van der Waals surface area contributed by atoms with Gasteiger partial charge in [-0.25, -0.2) is 0 Å². The lowest BCUT2D eigenvalue weighted by Crippen LogP contribution is -2.20. The van der Waals surface area contributed by atoms with Crippen molar-refractivity contribution >= 4 is 35.2 Å². The van der Waals surface area contributed by atoms with Crippen molar-refractivity contribution in [1.29, 1.82) is 5.26 Å². The molecular formula is C20H18ClN3O5. The van der Waals surface area contributed by atoms with Gasteiger partial charge in [-0.3, -0.25) is 9.59 Å². The van der Waals surface area contributed by atoms with Crippen molar-refractivity contribution in [3.63, 3.8) is 0 Å². The van der Waals surface area contributed by atoms with Crippen molar-refractivity contribution in [2.45, 2.75) is 6.92 Å². The Bertz CT molecular complexity index is 981. The third kappa shape index (κ3) is 6.16. The first-order chi connectivity index (χ1) is 13.8. The van der Waals surface area contributed by atoms with Crippen molar-refractivity contribution in [3.05, 3.63) is 52.6 Å². The van der Waals surface area contributed by atoms with E-state index in [9.17, 15) is 20.0 Å². The highest BCUT2D eigenvalue weighted by atomic mass is 35.5. The third-order valence-electron chi connectivity index (χ3n) is 3.49. The molecule has 0 aromatic heterocycles. The molecule has 0 unspecified atom stereocenters. The van der Waals surface area contributed by atoms with Gasteiger partial charge < -0.3 is 25.6 Å². The van der Waals surface area contributed by atoms with E-state index in [-0.39, 0.29) is 34.5 Å². The van der Waals surface area contributed by atoms with Gasteiger partial charge in [0.15, 0.2) is 18.1 Å². The van der Waals surface area contributed by atoms with Crippen LogP contribution < -0.4 is 20.5 Å². The maximum absolute atomic E-state index is 12.4. The average molecular weight is 416 g/mol. The molecule has 0 aliphatic heterocycles. The van der Waals surface area contributed by atoms with Crippen LogP contribution >= 0.6 is 11.6 Å². The van der Waals surface area contributed by atoms with Gasteiger partial charge in [0.2, 0.25) is 0 Å². The quantitative estimate of drug-likeness (QED) is 0.344. The number of nitrogens with one attached hydrogen (secondary N) is 1. The number of rotatable bonds is 8. The first-order valence-corrected chi connectivity index (χ1v) is 8.81. The highest BCUT2D eigenvalue weighted by Crippen LogP contribution is 2.37. The van der Waals surface area contributed by atoms with Gasteiger partial charge in [-0.1, -0.05) is 11.6 Å². The number of anilines is 1. The van der Waals surface area contributed by atoms with Crippen LogP contribution in [0.4, 0.5) is 5.69 Å². The number of hydrogen-bond donors (Lipinski definition) is 3. The molecule has 0 bridgehead atoms. The van der Waals surface area contributed by atoms with E-state index in [1.54, 1.807) is 6.92 Å². The lowest BCUT2D eigenvalue weighted by atomic mass is 10.1. The number of nitrogens with zero attached hydrogens (tertiary/aromatic N) is 1. The molecule has 0 radical (unpaired) electrons. The number of primary amides is 1. The zero-order valence-corrected chi connectivity index (χ0v) is 16.2. The molecule has 0 atom stereocenters. The summed E-state index contributed by atoms with van der Waals surface area (Å²) in [6, 6.07) is 10.6. The van der Waals surface area contributed by atoms with E-state index < -0.39 is 11.8 Å². The van der Waals surface area contributed by atoms with E-state index in [1.807, 2.05) is 6.07 Å². The number of aromatic hydroxyl groups is 1. The summed E-state index contributed by atoms with van der Waals surface area (Å²) < 4.78 is 10.8. The number of nitriles is 1. The van der Waals surface area contributed by atoms with Crippen LogP contribution in [0.1, 0.15) is 12.5 Å². The van der Waals surface area contributed by atoms with Crippen LogP contribution in [0, 0.1) is 11.3 Å². The monoisotopic (exact) mass is 415 g/mol. The van der Waals surface area contributed by atoms with Gasteiger partial charge in [-0.05, 0) is 55.0 Å². The Kier molecular flexibility index (Phi) is 7.46. The summed E-state index contributed by atoms with van der Waals surface area (Å²) in [7, 11) is 0. The number of amides is 2. The molecule has 8 nitrogen and oxygen atoms in total. The van der Waals surface area contributed by atoms with Crippen LogP contribution in [0.2, 0.25) is 5.02 Å². The number of hydrogen-bond acceptors (Lipinski definition) is 6. The van der Waals surface area contributed by atoms with Gasteiger partial charge >= 0.3 is 0 Å². The number of carbonyl (C=O) groups is 2. The highest BCUT2D eigenvalue weighted by Gasteiger charge is 2.15. The second kappa shape index (κ2) is 10.0. The fourth-order valence-corrected chi connectivity index (χ4v) is 2.55. The molecule has 0 spiro atoms. The van der Waals surface area contributed by atoms with Gasteiger partial charge in [0.25, 0.3) is 11.8 Å². The zero-order chi connectivity index (χ0) is 21.4. The first kappa shape index (κ1) is 21.6. The fraction of sp³-hybridized carbons (Fsp3) is 0.150. The van der Waals surface area contributed by atoms with Crippen molar-refractivity contribution in [2.24, 2.45) is 5.73 Å². The van der Waals surface area contributed by atoms with Gasteiger partial charge in [0.05, 0.1) is 11.6 Å². The molecule has 4 N–H and O–H groups in total. The van der Waals surface area contributed by atoms with E-state index >= 15 is 0 Å². The smallest absolute Gasteiger partial charge is 0.266 e. The molecule has 0 aliphatic rings. The molecule has 0 saturated heterocycles. The Hall–Kier alpha value is -3.70. The predicted molar refractivity (Wildman–Crippen MR) is 108 cm³/mol. The van der Waals surface area contributed by atoms with Crippen LogP contribution in [0.25, 0.3) is 6.08 Å². The number of phenolic OH excluding ortho intramolecular Hbond substituents is 1. The van der Waals surface area contributed by atoms with Gasteiger partial charge in [-0.2, -0.15) is 5.26 Å². The second-order valence-electron chi connectivity index (χ2n) is 5.69. The van der Waals surface area contributed by atoms with Crippen LogP contribution in [-0.4, -0.2) is 30.1 Å². The zero-order valence-electron chi connectivity index (χ0n) is 15.4. The van der Waals surface area contributed by atoms with Gasteiger partial charge in [0, 0.05) is 5.69 Å². The van der Waals surface area contributed by atoms with Gasteiger partial charge in [-0.15, -0.1) is 0 Å². The largest absolute Gasteiger partial charge is 0.508 e. The Labute approximate surface area is 172 Å². The molecule has 150 valence electrons. The van der Waals surface area contributed by atoms with E-state index in [0.717, 1.165) is 0 Å². The molecule has 0 aliphatic carbocycles. The number of nitrogens with two attached hydrogens (primary N) is 1. The first-order valence-electron chi connectivity index (χ1n) is 8.43. The molecule has 29 heavy (non-hydrogen) atoms. The van der Waals surface area contributed by atoms with E-state index in [2.05, 4.69) is 5.32 Å². The van der Waals surface area contributed by atoms with Crippen LogP contribution in [0.3, 0.4) is 0 Å². The van der Waals surface area contributed by atoms with Crippen LogP contribution in [0.15, 0.2) is 42.0 Å². The summed E-state index contributed by atoms with van der Waals surface area (Å²) in [4.78, 5) is 23.3. The topological polar surface area (TPSA) is 135 Å². The lowest BCUT2D eigenvalue weighted by Gasteiger charge is -2.13. The van der Waals surface area contributed by atoms with Crippen LogP contribution in [-0.2, 0) is 9.59 Å². The summed E-state index contributed by atoms with van der Waals surface area (Å²) in [5.74, 6) is -0.887. The van der Waals surface area contributed by atoms with E-state index in [0.29, 0.717) is 17.9 Å². The maximum atomic E-state index is 12.4. The minimum absolute atomic E-state index is 0.0517. The Morgan fingerprint density at radius 2 is 1.97 bits per heavy atom. The molecule has 0 fully saturated rings. The minimum Gasteiger partial charge on any atom is -0.508 e. The number of benzene rings is 2. The molecule has 0 heterocycles. The molecule has 0 saturated carbocycles. The maximum Gasteiger partial charge on any atom is 0.266 e. The van der Waals surface area contributed by atoms with Crippen molar-refractivity contribution < 1.29 is 24.2 Å². The summed E-state index contributed by atoms with van der Waals surface area (Å²) in [6.07, 6.45) is 1.34. The molecule has 2 aromatic rings. The second-order valence-corrected chi connectivity index (χ2v) is 6.10. The fourth-order valence-electron chi connectivity index (χ4n) is 2.28. The highest BCUT2D eigenvalue weighted by molar-refractivity contribution is 6.32. The molecule has 9 heteroatoms. The summed E-state index contributed by atoms with van der Waals surface area (Å²) in [5.41, 5.74) is 5.74. The van der Waals surface area contributed by atoms with Gasteiger partial charge in [0.1, 0.15) is 17.4 Å². The third-order valence-corrected chi connectivity index (χ3v) is 3.77. The number of phenols is 1. The normalized spacial score (nSPS) is 10.7. The standard InChI is InChI=1S/C20H18ClN3O5/c1-2-28-17-9-12(8-16(21)19(17)29-11-18(23)26)7-13(10-22)20(27)24-14-3-5-15(25)6-4-14/h3-9,25H,2,11H2,1H3,(H2,23,26)(H,24,27)/b13-7+. The molecule has 2 rings (SSSR count). The number of carbonyl (C=O) groups excluding carboxylic acids is 2. The number of halogens is 1. The minimum atomic E-state index is -0.676. The van der Waals surface area contributed by atoms with Crippen molar-refractivity contribution in [1.82, 2.24) is 0 Å². The summed E-state index contributed by atoms with van der Waals surface area (Å²) >= 11 is 6.21. The van der Waals surface area contributed by atoms with Crippen molar-refractivity contribution in [3.8, 4) is 23.3 Å². The summed E-state index contributed by atoms with van der Waals surface area (Å²) in [6.45, 7) is 1.66. The van der Waals surface area contributed by atoms with Crippen LogP contribution in [0.5, 0.6) is 17.2 Å². The number of ether oxygens (including phenoxy) is 2. The Balaban J connectivity index is 2.31. The van der Waals surface area contributed by atoms with E-state index in [1.165, 1.54) is 42.5 Å². The average Bonchev–Trinajstić information content (AvgIpc) is 2.67. The summed E-state index contributed by atoms with van der Waals surface area (Å²) in [5, 5.41) is 21.3.